The van der Waals surface area contributed by atoms with Crippen LogP contribution >= 0.6 is 0 Å². The van der Waals surface area contributed by atoms with Crippen LogP contribution in [0.15, 0.2) is 53.8 Å². The molecule has 0 bridgehead atoms. The highest BCUT2D eigenvalue weighted by atomic mass is 15.2. The quantitative estimate of drug-likeness (QED) is 0.583. The summed E-state index contributed by atoms with van der Waals surface area (Å²) in [5.74, 6) is 0.853. The van der Waals surface area contributed by atoms with Crippen LogP contribution in [0.1, 0.15) is 36.8 Å². The first-order valence-electron chi connectivity index (χ1n) is 10.2. The number of hydrogen-bond donors (Lipinski definition) is 2. The van der Waals surface area contributed by atoms with E-state index >= 15 is 0 Å². The molecule has 0 saturated carbocycles. The standard InChI is InChI=1S/C22H33N5/c1-23-22(24-12-17-26-13-8-9-14-26)25-18-20-10-4-5-11-21(20)19-27-15-6-2-3-7-16-27/h4-5,8-11,13-14H,2-3,6-7,12,15-19H2,1H3,(H2,23,24,25). The van der Waals surface area contributed by atoms with E-state index in [-0.39, 0.29) is 0 Å². The minimum atomic E-state index is 0.799. The van der Waals surface area contributed by atoms with Gasteiger partial charge in [-0.05, 0) is 49.2 Å². The molecule has 2 N–H and O–H groups in total. The van der Waals surface area contributed by atoms with Gasteiger partial charge in [-0.3, -0.25) is 9.89 Å². The van der Waals surface area contributed by atoms with Gasteiger partial charge in [-0.15, -0.1) is 0 Å². The highest BCUT2D eigenvalue weighted by Crippen LogP contribution is 2.16. The number of guanidine groups is 1. The Morgan fingerprint density at radius 2 is 1.63 bits per heavy atom. The molecule has 0 aliphatic carbocycles. The van der Waals surface area contributed by atoms with Crippen LogP contribution in [0.25, 0.3) is 0 Å². The third-order valence-corrected chi connectivity index (χ3v) is 5.21. The van der Waals surface area contributed by atoms with E-state index in [4.69, 9.17) is 0 Å². The van der Waals surface area contributed by atoms with Crippen molar-refractivity contribution in [2.75, 3.05) is 26.7 Å². The minimum Gasteiger partial charge on any atom is -0.355 e. The van der Waals surface area contributed by atoms with E-state index in [1.807, 2.05) is 19.2 Å². The van der Waals surface area contributed by atoms with Crippen molar-refractivity contribution < 1.29 is 0 Å². The molecule has 0 atom stereocenters. The van der Waals surface area contributed by atoms with Crippen LogP contribution in [0.5, 0.6) is 0 Å². The summed E-state index contributed by atoms with van der Waals surface area (Å²) in [7, 11) is 1.83. The number of likely N-dealkylation sites (tertiary alicyclic amines) is 1. The summed E-state index contributed by atoms with van der Waals surface area (Å²) in [4.78, 5) is 6.96. The molecule has 1 aliphatic rings. The summed E-state index contributed by atoms with van der Waals surface area (Å²) in [5.41, 5.74) is 2.78. The molecule has 2 aromatic rings. The summed E-state index contributed by atoms with van der Waals surface area (Å²) in [5, 5.41) is 6.86. The van der Waals surface area contributed by atoms with Crippen molar-refractivity contribution >= 4 is 5.96 Å². The molecule has 1 fully saturated rings. The Balaban J connectivity index is 1.50. The third kappa shape index (κ3) is 6.43. The lowest BCUT2D eigenvalue weighted by Crippen LogP contribution is -2.38. The monoisotopic (exact) mass is 367 g/mol. The molecule has 3 rings (SSSR count). The molecular weight excluding hydrogens is 334 g/mol. The van der Waals surface area contributed by atoms with E-state index in [1.54, 1.807) is 0 Å². The Morgan fingerprint density at radius 3 is 2.33 bits per heavy atom. The molecule has 1 aromatic heterocycles. The van der Waals surface area contributed by atoms with Crippen molar-refractivity contribution in [2.24, 2.45) is 4.99 Å². The first-order valence-corrected chi connectivity index (χ1v) is 10.2. The summed E-state index contributed by atoms with van der Waals surface area (Å²) in [6, 6.07) is 12.9. The minimum absolute atomic E-state index is 0.799. The van der Waals surface area contributed by atoms with Gasteiger partial charge < -0.3 is 15.2 Å². The Morgan fingerprint density at radius 1 is 0.926 bits per heavy atom. The van der Waals surface area contributed by atoms with Crippen molar-refractivity contribution in [1.29, 1.82) is 0 Å². The lowest BCUT2D eigenvalue weighted by Gasteiger charge is -2.22. The second-order valence-electron chi connectivity index (χ2n) is 7.23. The zero-order chi connectivity index (χ0) is 18.7. The van der Waals surface area contributed by atoms with Crippen molar-refractivity contribution in [3.8, 4) is 0 Å². The third-order valence-electron chi connectivity index (χ3n) is 5.21. The van der Waals surface area contributed by atoms with Crippen molar-refractivity contribution in [1.82, 2.24) is 20.1 Å². The molecule has 146 valence electrons. The molecule has 0 unspecified atom stereocenters. The van der Waals surface area contributed by atoms with Crippen LogP contribution < -0.4 is 10.6 Å². The van der Waals surface area contributed by atoms with E-state index in [0.29, 0.717) is 0 Å². The van der Waals surface area contributed by atoms with Crippen LogP contribution in [-0.2, 0) is 19.6 Å². The van der Waals surface area contributed by atoms with E-state index in [2.05, 4.69) is 61.8 Å². The highest BCUT2D eigenvalue weighted by molar-refractivity contribution is 5.79. The first-order chi connectivity index (χ1) is 13.3. The number of aliphatic imine (C=N–C) groups is 1. The number of hydrogen-bond acceptors (Lipinski definition) is 2. The average Bonchev–Trinajstić information content (AvgIpc) is 3.08. The lowest BCUT2D eigenvalue weighted by atomic mass is 10.1. The maximum Gasteiger partial charge on any atom is 0.191 e. The zero-order valence-electron chi connectivity index (χ0n) is 16.5. The number of aromatic nitrogens is 1. The maximum absolute atomic E-state index is 4.35. The van der Waals surface area contributed by atoms with Gasteiger partial charge in [0.2, 0.25) is 0 Å². The van der Waals surface area contributed by atoms with Gasteiger partial charge in [0.1, 0.15) is 0 Å². The topological polar surface area (TPSA) is 44.6 Å². The van der Waals surface area contributed by atoms with E-state index in [9.17, 15) is 0 Å². The van der Waals surface area contributed by atoms with Crippen molar-refractivity contribution in [2.45, 2.75) is 45.3 Å². The predicted octanol–water partition coefficient (Wildman–Crippen LogP) is 3.23. The molecule has 1 aromatic carbocycles. The van der Waals surface area contributed by atoms with Crippen LogP contribution in [0, 0.1) is 0 Å². The summed E-state index contributed by atoms with van der Waals surface area (Å²) >= 11 is 0. The fourth-order valence-electron chi connectivity index (χ4n) is 3.64. The highest BCUT2D eigenvalue weighted by Gasteiger charge is 2.11. The van der Waals surface area contributed by atoms with Gasteiger partial charge in [0.05, 0.1) is 0 Å². The smallest absolute Gasteiger partial charge is 0.191 e. The van der Waals surface area contributed by atoms with Crippen LogP contribution in [0.4, 0.5) is 0 Å². The first kappa shape index (κ1) is 19.5. The van der Waals surface area contributed by atoms with Gasteiger partial charge in [-0.25, -0.2) is 0 Å². The Kier molecular flexibility index (Phi) is 7.78. The summed E-state index contributed by atoms with van der Waals surface area (Å²) < 4.78 is 2.16. The summed E-state index contributed by atoms with van der Waals surface area (Å²) in [6.07, 6.45) is 9.58. The van der Waals surface area contributed by atoms with E-state index in [1.165, 1.54) is 49.9 Å². The van der Waals surface area contributed by atoms with Crippen molar-refractivity contribution in [3.63, 3.8) is 0 Å². The molecule has 0 spiro atoms. The normalized spacial score (nSPS) is 16.1. The molecule has 27 heavy (non-hydrogen) atoms. The Bertz CT molecular complexity index is 684. The van der Waals surface area contributed by atoms with Gasteiger partial charge in [-0.1, -0.05) is 37.1 Å². The Labute approximate surface area is 163 Å². The zero-order valence-corrected chi connectivity index (χ0v) is 16.5. The number of rotatable bonds is 7. The Hall–Kier alpha value is -2.27. The second kappa shape index (κ2) is 10.8. The fourth-order valence-corrected chi connectivity index (χ4v) is 3.64. The molecular formula is C22H33N5. The number of benzene rings is 1. The van der Waals surface area contributed by atoms with Gasteiger partial charge in [0.25, 0.3) is 0 Å². The largest absolute Gasteiger partial charge is 0.355 e. The maximum atomic E-state index is 4.35. The number of nitrogens with one attached hydrogen (secondary N) is 2. The van der Waals surface area contributed by atoms with E-state index in [0.717, 1.165) is 32.1 Å². The van der Waals surface area contributed by atoms with Gasteiger partial charge in [0.15, 0.2) is 5.96 Å². The molecule has 1 saturated heterocycles. The van der Waals surface area contributed by atoms with Gasteiger partial charge in [0, 0.05) is 45.6 Å². The molecule has 5 heteroatoms. The SMILES string of the molecule is CN=C(NCCn1cccc1)NCc1ccccc1CN1CCCCCC1. The fraction of sp³-hybridized carbons (Fsp3) is 0.500. The van der Waals surface area contributed by atoms with Gasteiger partial charge >= 0.3 is 0 Å². The van der Waals surface area contributed by atoms with Crippen molar-refractivity contribution in [3.05, 3.63) is 59.9 Å². The summed E-state index contributed by atoms with van der Waals surface area (Å²) in [6.45, 7) is 6.09. The van der Waals surface area contributed by atoms with Crippen LogP contribution in [0.3, 0.4) is 0 Å². The molecule has 1 aliphatic heterocycles. The average molecular weight is 368 g/mol. The number of nitrogens with zero attached hydrogens (tertiary/aromatic N) is 3. The predicted molar refractivity (Wildman–Crippen MR) is 113 cm³/mol. The molecule has 2 heterocycles. The van der Waals surface area contributed by atoms with Crippen LogP contribution in [0.2, 0.25) is 0 Å². The van der Waals surface area contributed by atoms with E-state index < -0.39 is 0 Å². The molecule has 5 nitrogen and oxygen atoms in total. The lowest BCUT2D eigenvalue weighted by molar-refractivity contribution is 0.276. The molecule has 0 radical (unpaired) electrons. The van der Waals surface area contributed by atoms with Gasteiger partial charge in [-0.2, -0.15) is 0 Å². The molecule has 0 amide bonds. The second-order valence-corrected chi connectivity index (χ2v) is 7.23. The van der Waals surface area contributed by atoms with Crippen LogP contribution in [-0.4, -0.2) is 42.1 Å².